The quantitative estimate of drug-likeness (QED) is 0.0351. The third kappa shape index (κ3) is 21.1. The van der Waals surface area contributed by atoms with Crippen LogP contribution in [0.5, 0.6) is 0 Å². The number of carboxylic acids is 1. The first-order valence-corrected chi connectivity index (χ1v) is 26.6. The number of carbonyl (C=O) groups excluding carboxylic acids is 5. The zero-order chi connectivity index (χ0) is 52.5. The summed E-state index contributed by atoms with van der Waals surface area (Å²) in [4.78, 5) is 88.9. The van der Waals surface area contributed by atoms with Crippen LogP contribution in [-0.2, 0) is 44.6 Å². The van der Waals surface area contributed by atoms with Crippen LogP contribution in [0.15, 0.2) is 29.6 Å². The van der Waals surface area contributed by atoms with Crippen molar-refractivity contribution < 1.29 is 48.1 Å². The summed E-state index contributed by atoms with van der Waals surface area (Å²) in [5, 5.41) is 24.2. The minimum atomic E-state index is -1.18. The molecule has 0 spiro atoms. The molecule has 71 heavy (non-hydrogen) atoms. The Balaban J connectivity index is 1.81. The lowest BCUT2D eigenvalue weighted by molar-refractivity contribution is -0.150. The maximum Gasteiger partial charge on any atom is 0.309 e. The largest absolute Gasteiger partial charge is 0.481 e. The number of likely N-dealkylation sites (N-methyl/N-ethyl adjacent to an activating group) is 1. The fourth-order valence-electron chi connectivity index (χ4n) is 8.68. The highest BCUT2D eigenvalue weighted by Gasteiger charge is 2.39. The van der Waals surface area contributed by atoms with Gasteiger partial charge < -0.3 is 51.2 Å². The van der Waals surface area contributed by atoms with E-state index in [0.29, 0.717) is 69.6 Å². The second-order valence-corrected chi connectivity index (χ2v) is 20.7. The van der Waals surface area contributed by atoms with Crippen molar-refractivity contribution in [1.29, 1.82) is 0 Å². The van der Waals surface area contributed by atoms with Gasteiger partial charge in [-0.1, -0.05) is 78.9 Å². The van der Waals surface area contributed by atoms with Crippen molar-refractivity contribution in [2.75, 3.05) is 71.5 Å². The van der Waals surface area contributed by atoms with Gasteiger partial charge in [0, 0.05) is 56.1 Å². The zero-order valence-corrected chi connectivity index (χ0v) is 44.8. The molecule has 1 aliphatic rings. The Morgan fingerprint density at radius 1 is 0.972 bits per heavy atom. The van der Waals surface area contributed by atoms with Crippen LogP contribution in [0.2, 0.25) is 0 Å². The number of nitrogens with zero attached hydrogens (tertiary/aromatic N) is 3. The highest BCUT2D eigenvalue weighted by Crippen LogP contribution is 2.33. The second-order valence-electron chi connectivity index (χ2n) is 19.9. The number of carbonyl (C=O) groups is 6. The van der Waals surface area contributed by atoms with Crippen molar-refractivity contribution >= 4 is 52.6 Å². The molecular formula is C52H86N8O10S. The molecule has 1 aromatic heterocycles. The molecule has 1 saturated heterocycles. The van der Waals surface area contributed by atoms with Gasteiger partial charge in [-0.15, -0.1) is 11.3 Å². The Hall–Kier alpha value is -4.69. The minimum Gasteiger partial charge on any atom is -0.481 e. The number of esters is 1. The number of ether oxygens (including phenoxy) is 3. The minimum absolute atomic E-state index is 0.0444. The van der Waals surface area contributed by atoms with Crippen LogP contribution in [-0.4, -0.2) is 146 Å². The lowest BCUT2D eigenvalue weighted by Gasteiger charge is -2.40. The molecule has 3 rings (SSSR count). The molecule has 0 radical (unpaired) electrons. The van der Waals surface area contributed by atoms with E-state index in [9.17, 15) is 33.9 Å². The molecule has 1 fully saturated rings. The van der Waals surface area contributed by atoms with Crippen molar-refractivity contribution in [3.63, 3.8) is 0 Å². The highest BCUT2D eigenvalue weighted by atomic mass is 32.1. The number of hydrogen-bond acceptors (Lipinski definition) is 14. The molecule has 18 nitrogen and oxygen atoms in total. The molecule has 1 aromatic carbocycles. The zero-order valence-electron chi connectivity index (χ0n) is 44.0. The second kappa shape index (κ2) is 31.7. The summed E-state index contributed by atoms with van der Waals surface area (Å²) in [5.74, 6) is -2.79. The fourth-order valence-corrected chi connectivity index (χ4v) is 9.52. The van der Waals surface area contributed by atoms with E-state index in [1.807, 2.05) is 63.9 Å². The van der Waals surface area contributed by atoms with Gasteiger partial charge in [-0.3, -0.25) is 33.7 Å². The van der Waals surface area contributed by atoms with Crippen molar-refractivity contribution in [3.05, 3.63) is 45.9 Å². The van der Waals surface area contributed by atoms with Gasteiger partial charge in [0.25, 0.3) is 5.91 Å². The molecule has 0 saturated carbocycles. The number of aliphatic carboxylic acids is 1. The summed E-state index contributed by atoms with van der Waals surface area (Å²) >= 11 is 1.17. The molecule has 4 amide bonds. The number of aromatic nitrogens is 1. The summed E-state index contributed by atoms with van der Waals surface area (Å²) in [6.07, 6.45) is 6.86. The fraction of sp³-hybridized carbons (Fsp3) is 0.712. The van der Waals surface area contributed by atoms with Crippen LogP contribution >= 0.6 is 11.3 Å². The number of amides is 4. The van der Waals surface area contributed by atoms with E-state index in [1.54, 1.807) is 19.2 Å². The van der Waals surface area contributed by atoms with Crippen molar-refractivity contribution in [2.45, 2.75) is 156 Å². The predicted octanol–water partition coefficient (Wildman–Crippen LogP) is 5.95. The molecule has 7 N–H and O–H groups in total. The van der Waals surface area contributed by atoms with Crippen molar-refractivity contribution in [1.82, 2.24) is 30.7 Å². The number of unbranched alkanes of at least 4 members (excludes halogenated alkanes) is 3. The Labute approximate surface area is 426 Å². The van der Waals surface area contributed by atoms with Gasteiger partial charge in [0.15, 0.2) is 6.10 Å². The Bertz CT molecular complexity index is 1950. The highest BCUT2D eigenvalue weighted by molar-refractivity contribution is 7.09. The van der Waals surface area contributed by atoms with E-state index < -0.39 is 47.5 Å². The van der Waals surface area contributed by atoms with Gasteiger partial charge in [-0.2, -0.15) is 0 Å². The summed E-state index contributed by atoms with van der Waals surface area (Å²) in [7, 11) is 1.95. The van der Waals surface area contributed by atoms with Crippen molar-refractivity contribution in [3.8, 4) is 0 Å². The van der Waals surface area contributed by atoms with E-state index in [1.165, 1.54) is 18.3 Å². The average molecular weight is 1020 g/mol. The molecule has 0 aliphatic carbocycles. The van der Waals surface area contributed by atoms with Crippen LogP contribution in [0.4, 0.5) is 5.69 Å². The summed E-state index contributed by atoms with van der Waals surface area (Å²) < 4.78 is 16.7. The smallest absolute Gasteiger partial charge is 0.309 e. The lowest BCUT2D eigenvalue weighted by atomic mass is 9.84. The van der Waals surface area contributed by atoms with Crippen LogP contribution in [0, 0.1) is 17.3 Å². The number of rotatable bonds is 34. The molecule has 1 aliphatic heterocycles. The molecular weight excluding hydrogens is 929 g/mol. The Morgan fingerprint density at radius 3 is 2.30 bits per heavy atom. The Morgan fingerprint density at radius 2 is 1.68 bits per heavy atom. The van der Waals surface area contributed by atoms with E-state index in [4.69, 9.17) is 24.9 Å². The third-order valence-electron chi connectivity index (χ3n) is 13.1. The van der Waals surface area contributed by atoms with Gasteiger partial charge in [0.1, 0.15) is 16.7 Å². The number of nitrogens with two attached hydrogens (primary N) is 1. The van der Waals surface area contributed by atoms with E-state index >= 15 is 0 Å². The third-order valence-corrected chi connectivity index (χ3v) is 14.0. The first kappa shape index (κ1) is 60.6. The van der Waals surface area contributed by atoms with Crippen LogP contribution < -0.4 is 27.0 Å². The van der Waals surface area contributed by atoms with E-state index in [-0.39, 0.29) is 60.7 Å². The van der Waals surface area contributed by atoms with Gasteiger partial charge in [0.05, 0.1) is 44.4 Å². The van der Waals surface area contributed by atoms with Crippen molar-refractivity contribution in [2.24, 2.45) is 23.0 Å². The maximum absolute atomic E-state index is 15.0. The number of anilines is 1. The molecule has 6 atom stereocenters. The Kier molecular flexibility index (Phi) is 27.1. The maximum atomic E-state index is 15.0. The number of nitrogens with one attached hydrogen (secondary N) is 4. The summed E-state index contributed by atoms with van der Waals surface area (Å²) in [6.45, 7) is 18.5. The standard InChI is InChI=1S/C52H86N8O10S/c1-10-12-13-15-25-60(50(65)46(36(5)11-2)58-48(64)42-17-14-16-24-59(42)9)43(35(3)4)31-44(70-37(6)61)49-57-41(34-71-49)47(63)56-40(32-52(7,8)51(66)67)30-38-18-20-39(21-19-38)55-33-45(62)54-23-27-69-29-28-68-26-22-53/h18-21,34-36,40,42-44,46,55H,10-17,22-33,53H2,1-9H3,(H,54,62)(H,56,63)(H,58,64)(H,66,67)/t36-,40-,42?,43+,44+,46-/m0/s1. The summed E-state index contributed by atoms with van der Waals surface area (Å²) in [6, 6.07) is 5.26. The average Bonchev–Trinajstić information content (AvgIpc) is 3.83. The number of carboxylic acid groups (broad SMARTS) is 1. The number of thiazole rings is 1. The monoisotopic (exact) mass is 1010 g/mol. The molecule has 2 heterocycles. The molecule has 1 unspecified atom stereocenters. The lowest BCUT2D eigenvalue weighted by Crippen LogP contribution is -2.59. The van der Waals surface area contributed by atoms with Gasteiger partial charge >= 0.3 is 11.9 Å². The number of likely N-dealkylation sites (tertiary alicyclic amines) is 1. The summed E-state index contributed by atoms with van der Waals surface area (Å²) in [5.41, 5.74) is 5.83. The SMILES string of the molecule is CCCCCCN(C(=O)[C@@H](NC(=O)C1CCCCN1C)[C@@H](C)CC)[C@H](C[C@@H](OC(C)=O)c1nc(C(=O)N[C@@H](Cc2ccc(NCC(=O)NCCOCCOCCN)cc2)CC(C)(C)C(=O)O)cs1)C(C)C. The predicted molar refractivity (Wildman–Crippen MR) is 277 cm³/mol. The number of piperidine rings is 1. The topological polar surface area (TPSA) is 244 Å². The first-order valence-electron chi connectivity index (χ1n) is 25.7. The van der Waals surface area contributed by atoms with Crippen LogP contribution in [0.1, 0.15) is 147 Å². The first-order chi connectivity index (χ1) is 33.8. The number of hydrogen-bond donors (Lipinski definition) is 6. The molecule has 2 aromatic rings. The molecule has 0 bridgehead atoms. The normalized spacial score (nSPS) is 16.3. The van der Waals surface area contributed by atoms with Crippen LogP contribution in [0.3, 0.4) is 0 Å². The van der Waals surface area contributed by atoms with Gasteiger partial charge in [-0.25, -0.2) is 4.98 Å². The van der Waals surface area contributed by atoms with Crippen LogP contribution in [0.25, 0.3) is 0 Å². The van der Waals surface area contributed by atoms with Gasteiger partial charge in [0.2, 0.25) is 17.7 Å². The molecule has 400 valence electrons. The molecule has 19 heteroatoms. The van der Waals surface area contributed by atoms with E-state index in [2.05, 4.69) is 33.1 Å². The number of benzene rings is 1. The van der Waals surface area contributed by atoms with Gasteiger partial charge in [-0.05, 0) is 89.1 Å². The van der Waals surface area contributed by atoms with E-state index in [0.717, 1.165) is 57.1 Å².